The average Bonchev–Trinajstić information content (AvgIpc) is 1.99. The van der Waals surface area contributed by atoms with Gasteiger partial charge in [0.15, 0.2) is 5.84 Å². The molecule has 0 saturated heterocycles. The molecule has 43 heteroatoms. The number of imidazole rings is 2. The Morgan fingerprint density at radius 1 is 0.557 bits per heavy atom. The van der Waals surface area contributed by atoms with Crippen LogP contribution in [-0.2, 0) is 0 Å². The van der Waals surface area contributed by atoms with Crippen LogP contribution in [0.15, 0.2) is 156 Å². The van der Waals surface area contributed by atoms with Crippen molar-refractivity contribution in [2.75, 3.05) is 17.8 Å². The number of carboxylic acid groups (broad SMARTS) is 1. The van der Waals surface area contributed by atoms with E-state index in [1.54, 1.807) is 77.0 Å². The van der Waals surface area contributed by atoms with Crippen molar-refractivity contribution in [1.82, 2.24) is 38.9 Å². The summed E-state index contributed by atoms with van der Waals surface area (Å²) in [4.78, 5) is 57.2. The summed E-state index contributed by atoms with van der Waals surface area (Å²) in [6.45, 7) is 3.72. The number of pyridine rings is 4. The van der Waals surface area contributed by atoms with Gasteiger partial charge in [0.05, 0.1) is 26.5 Å². The maximum atomic E-state index is 12.8. The van der Waals surface area contributed by atoms with Crippen LogP contribution < -0.4 is 16.4 Å². The summed E-state index contributed by atoms with van der Waals surface area (Å²) in [6, 6.07) is 31.9. The number of aromatic nitrogens is 8. The monoisotopic (exact) mass is 1320 g/mol. The van der Waals surface area contributed by atoms with Crippen LogP contribution in [0.2, 0.25) is 0 Å². The maximum absolute atomic E-state index is 12.8. The lowest BCUT2D eigenvalue weighted by atomic mass is 10.1. The molecule has 0 spiro atoms. The number of nitrogens with zero attached hydrogens (tertiary/aromatic N) is 9. The van der Waals surface area contributed by atoms with Crippen molar-refractivity contribution in [3.63, 3.8) is 0 Å². The Kier molecular flexibility index (Phi) is 62.5. The fraction of sp³-hybridized carbons (Fsp3) is 0.0667. The molecule has 0 aliphatic heterocycles. The van der Waals surface area contributed by atoms with Gasteiger partial charge >= 0.3 is 5.97 Å². The van der Waals surface area contributed by atoms with E-state index >= 15 is 0 Å². The lowest BCUT2D eigenvalue weighted by Crippen LogP contribution is -2.15. The third-order valence-corrected chi connectivity index (χ3v) is 9.12. The molecule has 0 radical (unpaired) electrons. The van der Waals surface area contributed by atoms with Crippen LogP contribution in [0.4, 0.5) is 126 Å². The second-order valence-electron chi connectivity index (χ2n) is 13.3. The first-order valence-electron chi connectivity index (χ1n) is 21.3. The summed E-state index contributed by atoms with van der Waals surface area (Å²) in [5, 5.41) is 29.7. The number of oxime groups is 1. The van der Waals surface area contributed by atoms with E-state index in [0.29, 0.717) is 62.7 Å². The quantitative estimate of drug-likeness (QED) is 0.0312. The number of hydrogen-bond acceptors (Lipinski definition) is 12. The Hall–Kier alpha value is -10.8. The van der Waals surface area contributed by atoms with E-state index in [1.807, 2.05) is 73.7 Å². The summed E-state index contributed by atoms with van der Waals surface area (Å²) in [5.74, 6) is -0.854. The Balaban J connectivity index is -0.000000200. The molecule has 2 amide bonds. The van der Waals surface area contributed by atoms with Gasteiger partial charge in [-0.2, -0.15) is 4.98 Å². The van der Waals surface area contributed by atoms with Crippen molar-refractivity contribution < 1.29 is 145 Å². The van der Waals surface area contributed by atoms with E-state index in [1.165, 1.54) is 18.3 Å². The topological polar surface area (TPSA) is 253 Å². The highest BCUT2D eigenvalue weighted by Gasteiger charge is 2.17. The number of carbonyl (C=O) groups is 3. The molecular weight excluding hydrogens is 1280 g/mol. The van der Waals surface area contributed by atoms with E-state index in [4.69, 9.17) is 132 Å². The second kappa shape index (κ2) is 62.2. The van der Waals surface area contributed by atoms with Crippen LogP contribution in [0.1, 0.15) is 49.5 Å². The fourth-order valence-electron chi connectivity index (χ4n) is 5.86. The third kappa shape index (κ3) is 31.7. The molecule has 0 saturated carbocycles. The highest BCUT2D eigenvalue weighted by Crippen LogP contribution is 2.27. The summed E-state index contributed by atoms with van der Waals surface area (Å²) >= 11 is 0. The fourth-order valence-corrected chi connectivity index (χ4v) is 5.86. The lowest BCUT2D eigenvalue weighted by Gasteiger charge is -2.09. The van der Waals surface area contributed by atoms with Crippen molar-refractivity contribution >= 4 is 46.3 Å². The molecule has 9 rings (SSSR count). The number of anilines is 2. The van der Waals surface area contributed by atoms with Crippen LogP contribution >= 0.6 is 0 Å². The summed E-state index contributed by atoms with van der Waals surface area (Å²) in [5.41, 5.74) is 12.2. The second-order valence-corrected chi connectivity index (χ2v) is 13.3. The molecule has 88 heavy (non-hydrogen) atoms. The number of nitrogens with one attached hydrogen (secondary N) is 2. The molecule has 6 N–H and O–H groups in total. The SMILES string of the molecule is Cc1ccc(-c2nc(-c3ccccn3)no2)cc1NC(=O)c1cnc2ccccn12.Cc1ccc(C(=O)O)cc1NC(=O)c1cnc2ccccn12.FF.FF.FF.FF.FF.FF.FF.FF.FF.FF.FF.FF.N/C(=N\O)c1ccccn1.[2H]CF. The van der Waals surface area contributed by atoms with Crippen LogP contribution in [0.5, 0.6) is 0 Å². The molecule has 7 aromatic heterocycles. The van der Waals surface area contributed by atoms with Gasteiger partial charge in [-0.3, -0.25) is 32.7 Å². The largest absolute Gasteiger partial charge is 0.478 e. The number of aromatic carboxylic acids is 1. The highest BCUT2D eigenvalue weighted by molar-refractivity contribution is 6.05. The highest BCUT2D eigenvalue weighted by atomic mass is 20.0. The number of halogens is 25. The zero-order valence-corrected chi connectivity index (χ0v) is 43.1. The van der Waals surface area contributed by atoms with Gasteiger partial charge < -0.3 is 31.2 Å². The number of rotatable bonds is 8. The van der Waals surface area contributed by atoms with Gasteiger partial charge in [0.1, 0.15) is 34.1 Å². The first-order chi connectivity index (χ1) is 43.5. The van der Waals surface area contributed by atoms with Gasteiger partial charge in [-0.1, -0.05) is 46.7 Å². The molecule has 2 aromatic carbocycles. The zero-order chi connectivity index (χ0) is 70.3. The van der Waals surface area contributed by atoms with Gasteiger partial charge in [-0.25, -0.2) is 14.8 Å². The first-order valence-corrected chi connectivity index (χ1v) is 20.6. The molecule has 0 unspecified atom stereocenters. The Morgan fingerprint density at radius 2 is 0.966 bits per heavy atom. The van der Waals surface area contributed by atoms with Crippen molar-refractivity contribution in [3.05, 3.63) is 180 Å². The number of hydrogen-bond donors (Lipinski definition) is 5. The molecule has 0 bridgehead atoms. The minimum absolute atomic E-state index is 0.0283. The summed E-state index contributed by atoms with van der Waals surface area (Å²) in [6.07, 6.45) is 9.84. The number of nitrogens with two attached hydrogens (primary N) is 1. The molecule has 0 aliphatic carbocycles. The predicted molar refractivity (Wildman–Crippen MR) is 263 cm³/mol. The van der Waals surface area contributed by atoms with Gasteiger partial charge in [-0.05, 0) is 97.8 Å². The normalized spacial score (nSPS) is 8.72. The van der Waals surface area contributed by atoms with Gasteiger partial charge in [-0.15, -0.1) is 0 Å². The van der Waals surface area contributed by atoms with Crippen molar-refractivity contribution in [2.24, 2.45) is 10.9 Å². The van der Waals surface area contributed by atoms with E-state index < -0.39 is 13.1 Å². The standard InChI is InChI=1S/C22H16N6O2.C16H13N3O3.C6H7N3O.CH3F.12F2/c1-14-8-9-15(22-26-20(27-30-22)16-6-2-4-10-23-16)12-17(14)25-21(29)18-13-24-19-7-3-5-11-28(18)19;1-10-5-6-11(16(21)22)8-12(10)18-15(20)13-9-17-14-4-2-3-7-19(13)14;7-6(9-10)5-3-1-2-4-8-5;13*1-2/h2-13H,1H3,(H,25,29);2-9H,1H3,(H,18,20)(H,21,22);1-4,10H,(H2,7,9);1H3;;;;;;;;;;;;/i;;;1D;;;;;;;;;;;;. The molecule has 18 nitrogen and oxygen atoms in total. The zero-order valence-electron chi connectivity index (χ0n) is 44.1. The first kappa shape index (κ1) is 88.4. The van der Waals surface area contributed by atoms with E-state index in [0.717, 1.165) is 11.1 Å². The summed E-state index contributed by atoms with van der Waals surface area (Å²) < 4.78 is 216. The van der Waals surface area contributed by atoms with Crippen LogP contribution in [0.25, 0.3) is 34.3 Å². The molecule has 0 aliphatic rings. The van der Waals surface area contributed by atoms with Crippen LogP contribution in [0, 0.1) is 13.8 Å². The smallest absolute Gasteiger partial charge is 0.335 e. The van der Waals surface area contributed by atoms with E-state index in [2.05, 4.69) is 45.9 Å². The molecule has 490 valence electrons. The molecule has 0 atom stereocenters. The number of benzene rings is 2. The van der Waals surface area contributed by atoms with E-state index in [-0.39, 0.29) is 23.2 Å². The van der Waals surface area contributed by atoms with Crippen molar-refractivity contribution in [1.29, 1.82) is 0 Å². The minimum Gasteiger partial charge on any atom is -0.478 e. The maximum Gasteiger partial charge on any atom is 0.335 e. The van der Waals surface area contributed by atoms with Crippen LogP contribution in [0.3, 0.4) is 0 Å². The Bertz CT molecular complexity index is 3160. The van der Waals surface area contributed by atoms with E-state index in [9.17, 15) is 18.8 Å². The lowest BCUT2D eigenvalue weighted by molar-refractivity contribution is 0.0696. The van der Waals surface area contributed by atoms with Gasteiger partial charge in [0.25, 0.3) is 17.7 Å². The number of aryl methyl sites for hydroxylation is 2. The van der Waals surface area contributed by atoms with Gasteiger partial charge in [0, 0.05) is 152 Å². The number of alkyl halides is 1. The number of amides is 2. The third-order valence-electron chi connectivity index (χ3n) is 9.12. The Morgan fingerprint density at radius 3 is 1.36 bits per heavy atom. The molecule has 7 heterocycles. The van der Waals surface area contributed by atoms with Crippen molar-refractivity contribution in [3.8, 4) is 23.0 Å². The Labute approximate surface area is 475 Å². The summed E-state index contributed by atoms with van der Waals surface area (Å²) in [7, 11) is -1.00. The average molecular weight is 1320 g/mol. The molecule has 9 aromatic rings. The molecular formula is C45H39F25N12O6. The van der Waals surface area contributed by atoms with Crippen molar-refractivity contribution in [2.45, 2.75) is 13.8 Å². The minimum atomic E-state index is -1.04. The number of fused-ring (bicyclic) bond motifs is 2. The molecule has 0 fully saturated rings. The number of carboxylic acids is 1. The number of carbonyl (C=O) groups excluding carboxylic acids is 2. The van der Waals surface area contributed by atoms with Gasteiger partial charge in [0.2, 0.25) is 5.82 Å². The number of amidine groups is 1. The predicted octanol–water partition coefficient (Wildman–Crippen LogP) is 17.4. The van der Waals surface area contributed by atoms with Crippen LogP contribution in [-0.4, -0.2) is 80.0 Å².